The van der Waals surface area contributed by atoms with Crippen LogP contribution in [0.5, 0.6) is 0 Å². The highest BCUT2D eigenvalue weighted by molar-refractivity contribution is 5.76. The van der Waals surface area contributed by atoms with Crippen LogP contribution in [0.2, 0.25) is 0 Å². The molecule has 1 aromatic heterocycles. The van der Waals surface area contributed by atoms with E-state index in [4.69, 9.17) is 9.47 Å². The fourth-order valence-corrected chi connectivity index (χ4v) is 4.25. The summed E-state index contributed by atoms with van der Waals surface area (Å²) in [5, 5.41) is 4.20. The van der Waals surface area contributed by atoms with Gasteiger partial charge in [0.05, 0.1) is 18.9 Å². The third kappa shape index (κ3) is 6.57. The van der Waals surface area contributed by atoms with E-state index in [1.165, 1.54) is 0 Å². The largest absolute Gasteiger partial charge is 0.383 e. The number of methoxy groups -OCH3 is 1. The molecule has 2 fully saturated rings. The molecule has 158 valence electrons. The van der Waals surface area contributed by atoms with Crippen LogP contribution in [-0.4, -0.2) is 84.6 Å². The lowest BCUT2D eigenvalue weighted by Gasteiger charge is -2.35. The van der Waals surface area contributed by atoms with Crippen LogP contribution in [0.1, 0.15) is 37.7 Å². The second kappa shape index (κ2) is 10.9. The summed E-state index contributed by atoms with van der Waals surface area (Å²) in [5.74, 6) is 0.837. The van der Waals surface area contributed by atoms with E-state index >= 15 is 0 Å². The van der Waals surface area contributed by atoms with E-state index in [-0.39, 0.29) is 12.0 Å². The highest BCUT2D eigenvalue weighted by Crippen LogP contribution is 2.21. The van der Waals surface area contributed by atoms with E-state index < -0.39 is 0 Å². The summed E-state index contributed by atoms with van der Waals surface area (Å²) in [7, 11) is 3.67. The molecule has 0 radical (unpaired) electrons. The molecule has 28 heavy (non-hydrogen) atoms. The molecule has 2 aliphatic heterocycles. The van der Waals surface area contributed by atoms with Crippen LogP contribution in [0.15, 0.2) is 12.4 Å². The third-order valence-corrected chi connectivity index (χ3v) is 5.98. The van der Waals surface area contributed by atoms with Gasteiger partial charge in [-0.05, 0) is 56.7 Å². The van der Waals surface area contributed by atoms with E-state index in [9.17, 15) is 4.79 Å². The molecule has 7 nitrogen and oxygen atoms in total. The topological polar surface area (TPSA) is 59.8 Å². The lowest BCUT2D eigenvalue weighted by molar-refractivity contribution is -0.133. The monoisotopic (exact) mass is 392 g/mol. The van der Waals surface area contributed by atoms with Gasteiger partial charge in [0.15, 0.2) is 0 Å². The van der Waals surface area contributed by atoms with Crippen LogP contribution in [0.3, 0.4) is 0 Å². The summed E-state index contributed by atoms with van der Waals surface area (Å²) in [6.45, 7) is 6.45. The number of ether oxygens (including phenoxy) is 2. The van der Waals surface area contributed by atoms with E-state index in [1.54, 1.807) is 11.8 Å². The van der Waals surface area contributed by atoms with Crippen LogP contribution in [0.25, 0.3) is 0 Å². The molecule has 0 unspecified atom stereocenters. The number of hydrogen-bond acceptors (Lipinski definition) is 5. The third-order valence-electron chi connectivity index (χ3n) is 5.98. The zero-order chi connectivity index (χ0) is 19.8. The van der Waals surface area contributed by atoms with E-state index in [0.717, 1.165) is 83.6 Å². The smallest absolute Gasteiger partial charge is 0.223 e. The number of nitrogens with zero attached hydrogens (tertiary/aromatic N) is 4. The first-order valence-electron chi connectivity index (χ1n) is 10.7. The molecule has 0 spiro atoms. The maximum atomic E-state index is 13.0. The predicted molar refractivity (Wildman–Crippen MR) is 108 cm³/mol. The van der Waals surface area contributed by atoms with Crippen molar-refractivity contribution in [1.29, 1.82) is 0 Å². The molecular weight excluding hydrogens is 356 g/mol. The number of piperidine rings is 1. The maximum Gasteiger partial charge on any atom is 0.223 e. The van der Waals surface area contributed by atoms with Crippen LogP contribution in [0, 0.1) is 5.92 Å². The van der Waals surface area contributed by atoms with Gasteiger partial charge in [-0.3, -0.25) is 9.48 Å². The molecule has 2 saturated heterocycles. The van der Waals surface area contributed by atoms with E-state index in [0.29, 0.717) is 12.3 Å². The lowest BCUT2D eigenvalue weighted by Crippen LogP contribution is -2.44. The SMILES string of the molecule is COCCN1CCC(CN(C[C@@H]2CCCO2)C(=O)CCc2cnn(C)c2)CC1. The molecule has 1 aromatic rings. The number of likely N-dealkylation sites (tertiary alicyclic amines) is 1. The first-order chi connectivity index (χ1) is 13.6. The van der Waals surface area contributed by atoms with Gasteiger partial charge in [0.2, 0.25) is 5.91 Å². The normalized spacial score (nSPS) is 21.3. The van der Waals surface area contributed by atoms with Crippen molar-refractivity contribution in [3.05, 3.63) is 18.0 Å². The van der Waals surface area contributed by atoms with Crippen LogP contribution in [0.4, 0.5) is 0 Å². The zero-order valence-electron chi connectivity index (χ0n) is 17.5. The zero-order valence-corrected chi connectivity index (χ0v) is 17.5. The Kier molecular flexibility index (Phi) is 8.30. The predicted octanol–water partition coefficient (Wildman–Crippen LogP) is 1.72. The molecule has 0 saturated carbocycles. The first kappa shape index (κ1) is 21.3. The number of carbonyl (C=O) groups is 1. The van der Waals surface area contributed by atoms with E-state index in [1.807, 2.05) is 19.4 Å². The summed E-state index contributed by atoms with van der Waals surface area (Å²) in [6, 6.07) is 0. The molecule has 1 atom stereocenters. The quantitative estimate of drug-likeness (QED) is 0.607. The lowest BCUT2D eigenvalue weighted by atomic mass is 9.95. The summed E-state index contributed by atoms with van der Waals surface area (Å²) >= 11 is 0. The molecule has 2 aliphatic rings. The van der Waals surface area contributed by atoms with Crippen LogP contribution >= 0.6 is 0 Å². The minimum atomic E-state index is 0.212. The summed E-state index contributed by atoms with van der Waals surface area (Å²) in [6.07, 6.45) is 9.85. The minimum Gasteiger partial charge on any atom is -0.383 e. The average molecular weight is 393 g/mol. The Hall–Kier alpha value is -1.44. The Morgan fingerprint density at radius 3 is 2.79 bits per heavy atom. The van der Waals surface area contributed by atoms with Crippen LogP contribution < -0.4 is 0 Å². The highest BCUT2D eigenvalue weighted by atomic mass is 16.5. The van der Waals surface area contributed by atoms with Gasteiger partial charge >= 0.3 is 0 Å². The number of rotatable bonds is 10. The molecule has 0 aromatic carbocycles. The molecule has 7 heteroatoms. The van der Waals surface area contributed by atoms with Crippen molar-refractivity contribution in [2.45, 2.75) is 44.6 Å². The van der Waals surface area contributed by atoms with Crippen molar-refractivity contribution in [2.24, 2.45) is 13.0 Å². The molecule has 0 bridgehead atoms. The Morgan fingerprint density at radius 1 is 1.32 bits per heavy atom. The van der Waals surface area contributed by atoms with Crippen molar-refractivity contribution in [3.8, 4) is 0 Å². The van der Waals surface area contributed by atoms with Gasteiger partial charge in [0.25, 0.3) is 0 Å². The van der Waals surface area contributed by atoms with Gasteiger partial charge in [0, 0.05) is 53.0 Å². The van der Waals surface area contributed by atoms with Gasteiger partial charge in [-0.15, -0.1) is 0 Å². The van der Waals surface area contributed by atoms with E-state index in [2.05, 4.69) is 14.9 Å². The van der Waals surface area contributed by atoms with Gasteiger partial charge in [-0.25, -0.2) is 0 Å². The Labute approximate surface area is 169 Å². The van der Waals surface area contributed by atoms with Crippen LogP contribution in [-0.2, 0) is 27.7 Å². The second-order valence-corrected chi connectivity index (χ2v) is 8.23. The average Bonchev–Trinajstić information content (AvgIpc) is 3.36. The Balaban J connectivity index is 1.50. The molecule has 3 heterocycles. The molecule has 0 N–H and O–H groups in total. The number of aromatic nitrogens is 2. The summed E-state index contributed by atoms with van der Waals surface area (Å²) in [4.78, 5) is 17.6. The Bertz CT molecular complexity index is 592. The van der Waals surface area contributed by atoms with Gasteiger partial charge in [-0.2, -0.15) is 5.10 Å². The minimum absolute atomic E-state index is 0.212. The fourth-order valence-electron chi connectivity index (χ4n) is 4.25. The number of hydrogen-bond donors (Lipinski definition) is 0. The number of amides is 1. The second-order valence-electron chi connectivity index (χ2n) is 8.23. The fraction of sp³-hybridized carbons (Fsp3) is 0.810. The Morgan fingerprint density at radius 2 is 2.14 bits per heavy atom. The van der Waals surface area contributed by atoms with Crippen molar-refractivity contribution in [2.75, 3.05) is 53.0 Å². The van der Waals surface area contributed by atoms with Crippen molar-refractivity contribution in [3.63, 3.8) is 0 Å². The molecular formula is C21H36N4O3. The summed E-state index contributed by atoms with van der Waals surface area (Å²) in [5.41, 5.74) is 1.12. The van der Waals surface area contributed by atoms with Crippen molar-refractivity contribution >= 4 is 5.91 Å². The standard InChI is InChI=1S/C21H36N4O3/c1-23-15-19(14-22-23)5-6-21(26)25(17-20-4-3-12-28-20)16-18-7-9-24(10-8-18)11-13-27-2/h14-15,18,20H,3-13,16-17H2,1-2H3/t20-/m0/s1. The summed E-state index contributed by atoms with van der Waals surface area (Å²) < 4.78 is 12.8. The molecule has 1 amide bonds. The number of aryl methyl sites for hydroxylation is 2. The highest BCUT2D eigenvalue weighted by Gasteiger charge is 2.27. The van der Waals surface area contributed by atoms with Gasteiger partial charge in [-0.1, -0.05) is 0 Å². The maximum absolute atomic E-state index is 13.0. The molecule has 3 rings (SSSR count). The first-order valence-corrected chi connectivity index (χ1v) is 10.7. The van der Waals surface area contributed by atoms with Gasteiger partial charge < -0.3 is 19.3 Å². The van der Waals surface area contributed by atoms with Crippen molar-refractivity contribution < 1.29 is 14.3 Å². The van der Waals surface area contributed by atoms with Gasteiger partial charge in [0.1, 0.15) is 0 Å². The number of carbonyl (C=O) groups excluding carboxylic acids is 1. The van der Waals surface area contributed by atoms with Crippen molar-refractivity contribution in [1.82, 2.24) is 19.6 Å². The molecule has 0 aliphatic carbocycles.